The van der Waals surface area contributed by atoms with Crippen LogP contribution in [0.1, 0.15) is 5.69 Å². The molecule has 0 aliphatic heterocycles. The Hall–Kier alpha value is -2.24. The van der Waals surface area contributed by atoms with Crippen molar-refractivity contribution in [1.29, 1.82) is 0 Å². The van der Waals surface area contributed by atoms with E-state index in [1.165, 1.54) is 12.1 Å². The molecule has 1 heterocycles. The molecule has 15 heavy (non-hydrogen) atoms. The van der Waals surface area contributed by atoms with Gasteiger partial charge in [-0.2, -0.15) is 0 Å². The highest BCUT2D eigenvalue weighted by Crippen LogP contribution is 2.34. The minimum atomic E-state index is -0.544. The second kappa shape index (κ2) is 3.16. The summed E-state index contributed by atoms with van der Waals surface area (Å²) >= 11 is 0. The number of hydrogen-bond donors (Lipinski definition) is 3. The Kier molecular flexibility index (Phi) is 1.96. The lowest BCUT2D eigenvalue weighted by Crippen LogP contribution is -2.13. The van der Waals surface area contributed by atoms with Crippen molar-refractivity contribution in [3.05, 3.63) is 17.8 Å². The summed E-state index contributed by atoms with van der Waals surface area (Å²) in [5, 5.41) is 22.6. The van der Waals surface area contributed by atoms with Crippen molar-refractivity contribution in [1.82, 2.24) is 5.16 Å². The van der Waals surface area contributed by atoms with Crippen molar-refractivity contribution in [2.24, 2.45) is 5.73 Å². The molecule has 1 aromatic carbocycles. The van der Waals surface area contributed by atoms with Gasteiger partial charge < -0.3 is 20.5 Å². The van der Waals surface area contributed by atoms with Gasteiger partial charge >= 0.3 is 0 Å². The first-order chi connectivity index (χ1) is 7.09. The van der Waals surface area contributed by atoms with Crippen LogP contribution in [0.4, 0.5) is 0 Å². The minimum absolute atomic E-state index is 0.0475. The summed E-state index contributed by atoms with van der Waals surface area (Å²) in [4.78, 5) is 10.7. The van der Waals surface area contributed by atoms with Crippen LogP contribution in [0.5, 0.6) is 11.5 Å². The van der Waals surface area contributed by atoms with Crippen LogP contribution in [0.2, 0.25) is 0 Å². The number of phenols is 2. The van der Waals surface area contributed by atoms with Gasteiger partial charge in [0, 0.05) is 5.39 Å². The Morgan fingerprint density at radius 2 is 2.20 bits per heavy atom. The van der Waals surface area contributed by atoms with Crippen LogP contribution in [0.15, 0.2) is 16.7 Å². The average molecular weight is 208 g/mol. The van der Waals surface area contributed by atoms with Crippen LogP contribution in [-0.2, 0) is 11.2 Å². The van der Waals surface area contributed by atoms with Crippen molar-refractivity contribution in [2.75, 3.05) is 0 Å². The molecule has 4 N–H and O–H groups in total. The SMILES string of the molecule is NC(=O)Cc1noc2c(O)c(O)ccc12. The first-order valence-electron chi connectivity index (χ1n) is 4.17. The molecule has 6 heteroatoms. The van der Waals surface area contributed by atoms with E-state index in [2.05, 4.69) is 5.16 Å². The number of aromatic nitrogens is 1. The smallest absolute Gasteiger partial charge is 0.223 e. The molecular weight excluding hydrogens is 200 g/mol. The number of aromatic hydroxyl groups is 2. The van der Waals surface area contributed by atoms with E-state index in [4.69, 9.17) is 10.3 Å². The van der Waals surface area contributed by atoms with Crippen molar-refractivity contribution >= 4 is 16.9 Å². The number of nitrogens with zero attached hydrogens (tertiary/aromatic N) is 1. The lowest BCUT2D eigenvalue weighted by molar-refractivity contribution is -0.117. The number of hydrogen-bond acceptors (Lipinski definition) is 5. The second-order valence-electron chi connectivity index (χ2n) is 3.08. The normalized spacial score (nSPS) is 10.7. The molecule has 0 saturated carbocycles. The Balaban J connectivity index is 2.61. The number of amides is 1. The Morgan fingerprint density at radius 3 is 2.87 bits per heavy atom. The molecule has 6 nitrogen and oxygen atoms in total. The molecule has 1 aromatic heterocycles. The van der Waals surface area contributed by atoms with Gasteiger partial charge in [-0.15, -0.1) is 0 Å². The largest absolute Gasteiger partial charge is 0.504 e. The van der Waals surface area contributed by atoms with Gasteiger partial charge in [0.05, 0.1) is 6.42 Å². The number of carbonyl (C=O) groups excluding carboxylic acids is 1. The Labute approximate surface area is 83.9 Å². The van der Waals surface area contributed by atoms with Gasteiger partial charge in [0.2, 0.25) is 17.2 Å². The zero-order chi connectivity index (χ0) is 11.0. The maximum Gasteiger partial charge on any atom is 0.223 e. The van der Waals surface area contributed by atoms with Gasteiger partial charge in [-0.05, 0) is 12.1 Å². The third-order valence-electron chi connectivity index (χ3n) is 2.01. The van der Waals surface area contributed by atoms with Crippen molar-refractivity contribution in [2.45, 2.75) is 6.42 Å². The van der Waals surface area contributed by atoms with E-state index in [9.17, 15) is 15.0 Å². The topological polar surface area (TPSA) is 110 Å². The maximum absolute atomic E-state index is 10.7. The highest BCUT2D eigenvalue weighted by molar-refractivity contribution is 5.90. The molecule has 0 bridgehead atoms. The molecule has 0 atom stereocenters. The molecule has 0 fully saturated rings. The van der Waals surface area contributed by atoms with Gasteiger partial charge in [-0.1, -0.05) is 5.16 Å². The summed E-state index contributed by atoms with van der Waals surface area (Å²) in [5.41, 5.74) is 5.40. The first kappa shape index (κ1) is 9.32. The Bertz CT molecular complexity index is 532. The molecule has 2 rings (SSSR count). The fourth-order valence-electron chi connectivity index (χ4n) is 1.32. The predicted molar refractivity (Wildman–Crippen MR) is 50.2 cm³/mol. The zero-order valence-corrected chi connectivity index (χ0v) is 7.60. The van der Waals surface area contributed by atoms with Crippen LogP contribution < -0.4 is 5.73 Å². The molecule has 0 radical (unpaired) electrons. The van der Waals surface area contributed by atoms with E-state index in [1.807, 2.05) is 0 Å². The highest BCUT2D eigenvalue weighted by Gasteiger charge is 2.15. The van der Waals surface area contributed by atoms with Gasteiger partial charge in [0.15, 0.2) is 5.75 Å². The first-order valence-corrected chi connectivity index (χ1v) is 4.17. The van der Waals surface area contributed by atoms with Crippen LogP contribution in [0.3, 0.4) is 0 Å². The molecular formula is C9H8N2O4. The number of primary amides is 1. The van der Waals surface area contributed by atoms with E-state index in [1.54, 1.807) is 0 Å². The molecule has 0 aliphatic carbocycles. The monoisotopic (exact) mass is 208 g/mol. The molecule has 1 amide bonds. The van der Waals surface area contributed by atoms with E-state index < -0.39 is 11.7 Å². The second-order valence-corrected chi connectivity index (χ2v) is 3.08. The number of benzene rings is 1. The number of fused-ring (bicyclic) bond motifs is 1. The standard InChI is InChI=1S/C9H8N2O4/c10-7(13)3-5-4-1-2-6(12)8(14)9(4)15-11-5/h1-2,12,14H,3H2,(H2,10,13). The molecule has 78 valence electrons. The van der Waals surface area contributed by atoms with Crippen LogP contribution in [0, 0.1) is 0 Å². The average Bonchev–Trinajstić information content (AvgIpc) is 2.55. The molecule has 2 aromatic rings. The van der Waals surface area contributed by atoms with E-state index in [0.717, 1.165) is 0 Å². The maximum atomic E-state index is 10.7. The lowest BCUT2D eigenvalue weighted by Gasteiger charge is -1.96. The minimum Gasteiger partial charge on any atom is -0.504 e. The van der Waals surface area contributed by atoms with E-state index in [0.29, 0.717) is 11.1 Å². The third kappa shape index (κ3) is 1.45. The van der Waals surface area contributed by atoms with Gasteiger partial charge in [-0.25, -0.2) is 0 Å². The molecule has 0 aliphatic rings. The summed E-state index contributed by atoms with van der Waals surface area (Å²) in [5.74, 6) is -1.24. The number of carbonyl (C=O) groups is 1. The Morgan fingerprint density at radius 1 is 1.47 bits per heavy atom. The van der Waals surface area contributed by atoms with Crippen molar-refractivity contribution in [3.8, 4) is 11.5 Å². The molecule has 0 saturated heterocycles. The summed E-state index contributed by atoms with van der Waals surface area (Å²) < 4.78 is 4.79. The summed E-state index contributed by atoms with van der Waals surface area (Å²) in [7, 11) is 0. The number of phenolic OH excluding ortho intramolecular Hbond substituents is 2. The summed E-state index contributed by atoms with van der Waals surface area (Å²) in [6.45, 7) is 0. The predicted octanol–water partition coefficient (Wildman–Crippen LogP) is 0.267. The number of nitrogens with two attached hydrogens (primary N) is 1. The van der Waals surface area contributed by atoms with Crippen molar-refractivity contribution in [3.63, 3.8) is 0 Å². The van der Waals surface area contributed by atoms with E-state index >= 15 is 0 Å². The van der Waals surface area contributed by atoms with Crippen LogP contribution in [0.25, 0.3) is 11.0 Å². The fourth-order valence-corrected chi connectivity index (χ4v) is 1.32. The summed E-state index contributed by atoms with van der Waals surface area (Å²) in [6, 6.07) is 2.79. The van der Waals surface area contributed by atoms with Gasteiger partial charge in [0.25, 0.3) is 0 Å². The lowest BCUT2D eigenvalue weighted by atomic mass is 10.1. The number of rotatable bonds is 2. The highest BCUT2D eigenvalue weighted by atomic mass is 16.5. The fraction of sp³-hybridized carbons (Fsp3) is 0.111. The molecule has 0 unspecified atom stereocenters. The zero-order valence-electron chi connectivity index (χ0n) is 7.60. The van der Waals surface area contributed by atoms with Crippen LogP contribution in [-0.4, -0.2) is 21.3 Å². The third-order valence-corrected chi connectivity index (χ3v) is 2.01. The van der Waals surface area contributed by atoms with E-state index in [-0.39, 0.29) is 17.8 Å². The summed E-state index contributed by atoms with van der Waals surface area (Å²) in [6.07, 6.45) is -0.0722. The van der Waals surface area contributed by atoms with Crippen molar-refractivity contribution < 1.29 is 19.5 Å². The van der Waals surface area contributed by atoms with Crippen LogP contribution >= 0.6 is 0 Å². The van der Waals surface area contributed by atoms with Gasteiger partial charge in [-0.3, -0.25) is 4.79 Å². The quantitative estimate of drug-likeness (QED) is 0.613. The molecule has 0 spiro atoms. The van der Waals surface area contributed by atoms with Gasteiger partial charge in [0.1, 0.15) is 5.69 Å².